The van der Waals surface area contributed by atoms with E-state index in [4.69, 9.17) is 14.7 Å². The quantitative estimate of drug-likeness (QED) is 0.215. The van der Waals surface area contributed by atoms with Gasteiger partial charge in [0, 0.05) is 22.3 Å². The molecule has 3 aliphatic rings. The van der Waals surface area contributed by atoms with Crippen LogP contribution in [0.5, 0.6) is 11.5 Å². The summed E-state index contributed by atoms with van der Waals surface area (Å²) >= 11 is 0. The highest BCUT2D eigenvalue weighted by atomic mass is 16.5. The fourth-order valence-electron chi connectivity index (χ4n) is 7.95. The monoisotopic (exact) mass is 615 g/mol. The SMILES string of the molecule is c1ccc(C2N=C(c3cccc4ccccc34)N=C(c3ccc4c(c3)C3(c5ccccc5O4)c4ccccc4-c4ccccc43)N2)cc1. The minimum Gasteiger partial charge on any atom is -0.457 e. The van der Waals surface area contributed by atoms with Crippen LogP contribution in [0, 0.1) is 0 Å². The van der Waals surface area contributed by atoms with Gasteiger partial charge in [0.05, 0.1) is 5.41 Å². The zero-order valence-electron chi connectivity index (χ0n) is 26.0. The molecule has 0 bridgehead atoms. The first kappa shape index (κ1) is 26.9. The molecule has 1 N–H and O–H groups in total. The van der Waals surface area contributed by atoms with Crippen LogP contribution in [0.4, 0.5) is 0 Å². The Bertz CT molecular complexity index is 2430. The summed E-state index contributed by atoms with van der Waals surface area (Å²) in [6.07, 6.45) is -0.303. The summed E-state index contributed by atoms with van der Waals surface area (Å²) in [4.78, 5) is 10.4. The summed E-state index contributed by atoms with van der Waals surface area (Å²) in [5, 5.41) is 5.99. The Morgan fingerprint density at radius 1 is 0.521 bits per heavy atom. The fraction of sp³-hybridized carbons (Fsp3) is 0.0455. The Labute approximate surface area is 278 Å². The minimum absolute atomic E-state index is 0.303. The Morgan fingerprint density at radius 2 is 1.15 bits per heavy atom. The molecular weight excluding hydrogens is 587 g/mol. The highest BCUT2D eigenvalue weighted by Crippen LogP contribution is 2.62. The lowest BCUT2D eigenvalue weighted by molar-refractivity contribution is 0.436. The van der Waals surface area contributed by atoms with Crippen molar-refractivity contribution in [2.75, 3.05) is 0 Å². The van der Waals surface area contributed by atoms with E-state index in [9.17, 15) is 0 Å². The van der Waals surface area contributed by atoms with Gasteiger partial charge in [-0.15, -0.1) is 0 Å². The second-order valence-electron chi connectivity index (χ2n) is 12.5. The Hall–Kier alpha value is -6.26. The number of benzene rings is 7. The average Bonchev–Trinajstić information content (AvgIpc) is 3.45. The van der Waals surface area contributed by atoms with Gasteiger partial charge in [-0.05, 0) is 62.9 Å². The molecule has 4 nitrogen and oxygen atoms in total. The Balaban J connectivity index is 1.21. The van der Waals surface area contributed by atoms with Crippen LogP contribution in [-0.2, 0) is 5.41 Å². The number of fused-ring (bicyclic) bond motifs is 10. The zero-order valence-corrected chi connectivity index (χ0v) is 26.0. The first-order chi connectivity index (χ1) is 23.8. The predicted molar refractivity (Wildman–Crippen MR) is 193 cm³/mol. The normalized spacial score (nSPS) is 16.5. The van der Waals surface area contributed by atoms with Gasteiger partial charge in [0.25, 0.3) is 0 Å². The number of aliphatic imine (C=N–C) groups is 2. The number of rotatable bonds is 3. The molecule has 1 spiro atoms. The molecule has 0 radical (unpaired) electrons. The van der Waals surface area contributed by atoms with E-state index in [0.29, 0.717) is 5.84 Å². The Kier molecular flexibility index (Phi) is 5.82. The van der Waals surface area contributed by atoms with Gasteiger partial charge in [-0.1, -0.05) is 140 Å². The maximum atomic E-state index is 6.68. The van der Waals surface area contributed by atoms with Gasteiger partial charge in [-0.3, -0.25) is 0 Å². The standard InChI is InChI=1S/C44H29N3O/c1-2-14-29(15-3-1)41-45-42(47-43(46-41)34-20-12-16-28-13-4-5-17-31(28)34)30-25-26-40-38(27-30)44(37-23-10-11-24-39(37)48-40)35-21-8-6-18-32(35)33-19-7-9-22-36(33)44/h1-27,41H,(H,45,46,47). The second-order valence-corrected chi connectivity index (χ2v) is 12.5. The molecule has 7 aromatic carbocycles. The summed E-state index contributed by atoms with van der Waals surface area (Å²) < 4.78 is 6.68. The van der Waals surface area contributed by atoms with Crippen molar-refractivity contribution in [2.24, 2.45) is 9.98 Å². The van der Waals surface area contributed by atoms with E-state index in [-0.39, 0.29) is 6.17 Å². The highest BCUT2D eigenvalue weighted by molar-refractivity contribution is 6.17. The molecule has 0 amide bonds. The van der Waals surface area contributed by atoms with Crippen molar-refractivity contribution in [1.82, 2.24) is 5.32 Å². The molecule has 2 heterocycles. The van der Waals surface area contributed by atoms with Gasteiger partial charge in [0.15, 0.2) is 5.84 Å². The number of amidine groups is 2. The topological polar surface area (TPSA) is 46.0 Å². The molecule has 226 valence electrons. The summed E-state index contributed by atoms with van der Waals surface area (Å²) in [6.45, 7) is 0. The van der Waals surface area contributed by atoms with E-state index in [1.165, 1.54) is 22.3 Å². The summed E-state index contributed by atoms with van der Waals surface area (Å²) in [7, 11) is 0. The minimum atomic E-state index is -0.548. The number of nitrogens with one attached hydrogen (secondary N) is 1. The smallest absolute Gasteiger partial charge is 0.160 e. The van der Waals surface area contributed by atoms with Gasteiger partial charge < -0.3 is 10.1 Å². The summed E-state index contributed by atoms with van der Waals surface area (Å²) in [5.74, 6) is 3.22. The predicted octanol–water partition coefficient (Wildman–Crippen LogP) is 9.80. The van der Waals surface area contributed by atoms with E-state index in [0.717, 1.165) is 55.9 Å². The van der Waals surface area contributed by atoms with Crippen LogP contribution in [-0.4, -0.2) is 11.7 Å². The van der Waals surface area contributed by atoms with Gasteiger partial charge in [0.2, 0.25) is 0 Å². The van der Waals surface area contributed by atoms with E-state index < -0.39 is 5.41 Å². The van der Waals surface area contributed by atoms with Crippen LogP contribution in [0.3, 0.4) is 0 Å². The molecule has 0 saturated carbocycles. The van der Waals surface area contributed by atoms with E-state index in [1.54, 1.807) is 0 Å². The molecule has 1 atom stereocenters. The lowest BCUT2D eigenvalue weighted by atomic mass is 9.66. The van der Waals surface area contributed by atoms with Crippen molar-refractivity contribution in [3.63, 3.8) is 0 Å². The van der Waals surface area contributed by atoms with Gasteiger partial charge in [0.1, 0.15) is 23.5 Å². The van der Waals surface area contributed by atoms with Crippen molar-refractivity contribution < 1.29 is 4.74 Å². The van der Waals surface area contributed by atoms with E-state index >= 15 is 0 Å². The van der Waals surface area contributed by atoms with Crippen LogP contribution in [0.1, 0.15) is 45.1 Å². The number of nitrogens with zero attached hydrogens (tertiary/aromatic N) is 2. The van der Waals surface area contributed by atoms with Crippen LogP contribution in [0.15, 0.2) is 174 Å². The molecule has 0 saturated heterocycles. The lowest BCUT2D eigenvalue weighted by Gasteiger charge is -2.39. The molecule has 1 aliphatic carbocycles. The molecule has 0 aromatic heterocycles. The van der Waals surface area contributed by atoms with Crippen LogP contribution < -0.4 is 10.1 Å². The molecule has 48 heavy (non-hydrogen) atoms. The van der Waals surface area contributed by atoms with Crippen LogP contribution >= 0.6 is 0 Å². The third-order valence-corrected chi connectivity index (χ3v) is 10.0. The van der Waals surface area contributed by atoms with Crippen LogP contribution in [0.25, 0.3) is 21.9 Å². The maximum absolute atomic E-state index is 6.68. The number of para-hydroxylation sites is 1. The largest absolute Gasteiger partial charge is 0.457 e. The third-order valence-electron chi connectivity index (χ3n) is 10.0. The lowest BCUT2D eigenvalue weighted by Crippen LogP contribution is -2.35. The zero-order chi connectivity index (χ0) is 31.7. The maximum Gasteiger partial charge on any atom is 0.160 e. The second kappa shape index (κ2) is 10.4. The molecule has 1 unspecified atom stereocenters. The first-order valence-electron chi connectivity index (χ1n) is 16.4. The molecule has 7 aromatic rings. The van der Waals surface area contributed by atoms with Crippen molar-refractivity contribution in [2.45, 2.75) is 11.6 Å². The third kappa shape index (κ3) is 3.83. The fourth-order valence-corrected chi connectivity index (χ4v) is 7.95. The van der Waals surface area contributed by atoms with Crippen molar-refractivity contribution in [3.05, 3.63) is 203 Å². The number of ether oxygens (including phenoxy) is 1. The Morgan fingerprint density at radius 3 is 1.96 bits per heavy atom. The van der Waals surface area contributed by atoms with E-state index in [2.05, 4.69) is 163 Å². The van der Waals surface area contributed by atoms with Gasteiger partial charge in [-0.25, -0.2) is 9.98 Å². The van der Waals surface area contributed by atoms with Crippen molar-refractivity contribution in [3.8, 4) is 22.6 Å². The molecule has 4 heteroatoms. The number of hydrogen-bond donors (Lipinski definition) is 1. The van der Waals surface area contributed by atoms with Crippen molar-refractivity contribution >= 4 is 22.4 Å². The number of hydrogen-bond acceptors (Lipinski definition) is 4. The summed E-state index contributed by atoms with van der Waals surface area (Å²) in [6, 6.07) is 57.8. The average molecular weight is 616 g/mol. The molecule has 2 aliphatic heterocycles. The van der Waals surface area contributed by atoms with Gasteiger partial charge in [-0.2, -0.15) is 0 Å². The van der Waals surface area contributed by atoms with E-state index in [1.807, 2.05) is 6.07 Å². The highest BCUT2D eigenvalue weighted by Gasteiger charge is 2.51. The molecule has 0 fully saturated rings. The van der Waals surface area contributed by atoms with Crippen molar-refractivity contribution in [1.29, 1.82) is 0 Å². The molecular formula is C44H29N3O. The van der Waals surface area contributed by atoms with Gasteiger partial charge >= 0.3 is 0 Å². The first-order valence-corrected chi connectivity index (χ1v) is 16.4. The van der Waals surface area contributed by atoms with Crippen LogP contribution in [0.2, 0.25) is 0 Å². The summed E-state index contributed by atoms with van der Waals surface area (Å²) in [5.41, 5.74) is 9.80. The molecule has 10 rings (SSSR count).